The van der Waals surface area contributed by atoms with Crippen molar-refractivity contribution in [2.24, 2.45) is 11.3 Å². The highest BCUT2D eigenvalue weighted by atomic mass is 35.5. The molecule has 4 N–H and O–H groups in total. The van der Waals surface area contributed by atoms with Gasteiger partial charge in [-0.25, -0.2) is 14.6 Å². The first-order chi connectivity index (χ1) is 13.0. The molecule has 29 heavy (non-hydrogen) atoms. The number of rotatable bonds is 12. The molecule has 1 heterocycles. The Morgan fingerprint density at radius 2 is 1.31 bits per heavy atom. The Balaban J connectivity index is 0. The third-order valence-electron chi connectivity index (χ3n) is 5.19. The standard InChI is InChI=1S/C19H38N4O4.2ClH/c1-3-5-11-21-17(24)26-15-9-19(7-13-23(20)14-8-19)10-16-27-18(25)22-12-6-4-2;;/h3-16,20H2,1-2H3,(H,21,24)(H,22,25);2*1H. The van der Waals surface area contributed by atoms with Crippen molar-refractivity contribution in [3.05, 3.63) is 0 Å². The van der Waals surface area contributed by atoms with E-state index in [2.05, 4.69) is 24.5 Å². The van der Waals surface area contributed by atoms with Crippen molar-refractivity contribution >= 4 is 37.0 Å². The highest BCUT2D eigenvalue weighted by Crippen LogP contribution is 2.37. The van der Waals surface area contributed by atoms with E-state index >= 15 is 0 Å². The second kappa shape index (κ2) is 17.9. The monoisotopic (exact) mass is 458 g/mol. The maximum Gasteiger partial charge on any atom is 0.407 e. The molecule has 10 heteroatoms. The third kappa shape index (κ3) is 13.8. The topological polar surface area (TPSA) is 106 Å². The number of ether oxygens (including phenoxy) is 2. The number of carbonyl (C=O) groups is 2. The number of piperidine rings is 1. The van der Waals surface area contributed by atoms with Gasteiger partial charge in [0.05, 0.1) is 13.2 Å². The summed E-state index contributed by atoms with van der Waals surface area (Å²) < 4.78 is 10.6. The predicted octanol–water partition coefficient (Wildman–Crippen LogP) is 3.62. The summed E-state index contributed by atoms with van der Waals surface area (Å²) >= 11 is 0. The van der Waals surface area contributed by atoms with Crippen molar-refractivity contribution in [3.63, 3.8) is 0 Å². The number of unbranched alkanes of at least 4 members (excludes halogenated alkanes) is 2. The number of nitrogens with two attached hydrogens (primary N) is 1. The van der Waals surface area contributed by atoms with Crippen LogP contribution in [0.5, 0.6) is 0 Å². The van der Waals surface area contributed by atoms with Crippen LogP contribution in [0.4, 0.5) is 9.59 Å². The van der Waals surface area contributed by atoms with Crippen LogP contribution in [-0.2, 0) is 9.47 Å². The van der Waals surface area contributed by atoms with Gasteiger partial charge in [-0.3, -0.25) is 5.84 Å². The molecular weight excluding hydrogens is 419 g/mol. The summed E-state index contributed by atoms with van der Waals surface area (Å²) in [4.78, 5) is 23.4. The maximum atomic E-state index is 11.7. The lowest BCUT2D eigenvalue weighted by Crippen LogP contribution is -2.45. The van der Waals surface area contributed by atoms with Crippen LogP contribution in [0.2, 0.25) is 0 Å². The molecule has 174 valence electrons. The molecular formula is C19H40Cl2N4O4. The van der Waals surface area contributed by atoms with Gasteiger partial charge in [-0.15, -0.1) is 24.8 Å². The first-order valence-electron chi connectivity index (χ1n) is 10.3. The molecule has 0 aromatic carbocycles. The van der Waals surface area contributed by atoms with Gasteiger partial charge in [-0.05, 0) is 43.9 Å². The fourth-order valence-corrected chi connectivity index (χ4v) is 3.18. The molecule has 0 unspecified atom stereocenters. The van der Waals surface area contributed by atoms with E-state index < -0.39 is 0 Å². The van der Waals surface area contributed by atoms with Crippen LogP contribution in [0.1, 0.15) is 65.2 Å². The second-order valence-electron chi connectivity index (χ2n) is 7.37. The van der Waals surface area contributed by atoms with Crippen LogP contribution in [0, 0.1) is 5.41 Å². The molecule has 0 saturated carbocycles. The number of hydrogen-bond donors (Lipinski definition) is 3. The number of amides is 2. The molecule has 0 atom stereocenters. The summed E-state index contributed by atoms with van der Waals surface area (Å²) in [6.45, 7) is 7.76. The Morgan fingerprint density at radius 3 is 1.69 bits per heavy atom. The number of nitrogens with zero attached hydrogens (tertiary/aromatic N) is 1. The maximum absolute atomic E-state index is 11.7. The lowest BCUT2D eigenvalue weighted by atomic mass is 9.74. The minimum Gasteiger partial charge on any atom is -0.450 e. The van der Waals surface area contributed by atoms with Gasteiger partial charge in [-0.1, -0.05) is 26.7 Å². The van der Waals surface area contributed by atoms with E-state index in [0.29, 0.717) is 26.3 Å². The van der Waals surface area contributed by atoms with Crippen LogP contribution < -0.4 is 16.5 Å². The predicted molar refractivity (Wildman–Crippen MR) is 120 cm³/mol. The van der Waals surface area contributed by atoms with E-state index in [1.165, 1.54) is 0 Å². The van der Waals surface area contributed by atoms with Crippen molar-refractivity contribution in [1.82, 2.24) is 15.6 Å². The van der Waals surface area contributed by atoms with E-state index in [1.54, 1.807) is 0 Å². The van der Waals surface area contributed by atoms with Crippen molar-refractivity contribution in [3.8, 4) is 0 Å². The average Bonchev–Trinajstić information content (AvgIpc) is 2.65. The zero-order chi connectivity index (χ0) is 20.0. The van der Waals surface area contributed by atoms with Crippen LogP contribution in [-0.4, -0.2) is 56.6 Å². The zero-order valence-corrected chi connectivity index (χ0v) is 19.5. The van der Waals surface area contributed by atoms with E-state index in [-0.39, 0.29) is 42.4 Å². The first kappa shape index (κ1) is 30.2. The summed E-state index contributed by atoms with van der Waals surface area (Å²) in [7, 11) is 0. The summed E-state index contributed by atoms with van der Waals surface area (Å²) in [5.41, 5.74) is -0.0106. The van der Waals surface area contributed by atoms with Gasteiger partial charge in [0.2, 0.25) is 0 Å². The molecule has 0 radical (unpaired) electrons. The summed E-state index contributed by atoms with van der Waals surface area (Å²) in [6.07, 6.45) is 6.56. The van der Waals surface area contributed by atoms with E-state index in [9.17, 15) is 9.59 Å². The first-order valence-corrected chi connectivity index (χ1v) is 10.3. The number of hydrogen-bond acceptors (Lipinski definition) is 6. The Morgan fingerprint density at radius 1 is 0.897 bits per heavy atom. The molecule has 1 aliphatic heterocycles. The quantitative estimate of drug-likeness (QED) is 0.304. The molecule has 1 aliphatic rings. The molecule has 2 amide bonds. The van der Waals surface area contributed by atoms with Gasteiger partial charge in [0.15, 0.2) is 0 Å². The Kier molecular flexibility index (Phi) is 18.6. The Hall–Kier alpha value is -0.960. The molecule has 1 rings (SSSR count). The average molecular weight is 459 g/mol. The Labute approximate surface area is 187 Å². The lowest BCUT2D eigenvalue weighted by molar-refractivity contribution is 0.0413. The van der Waals surface area contributed by atoms with Crippen LogP contribution in [0.15, 0.2) is 0 Å². The number of carbonyl (C=O) groups excluding carboxylic acids is 2. The molecule has 0 aromatic rings. The molecule has 0 aromatic heterocycles. The summed E-state index contributed by atoms with van der Waals surface area (Å²) in [5.74, 6) is 5.89. The molecule has 1 saturated heterocycles. The number of halogens is 2. The SMILES string of the molecule is CCCCNC(=O)OCCC1(CCOC(=O)NCCCC)CCN(N)CC1.Cl.Cl. The molecule has 8 nitrogen and oxygen atoms in total. The van der Waals surface area contributed by atoms with Gasteiger partial charge < -0.3 is 20.1 Å². The third-order valence-corrected chi connectivity index (χ3v) is 5.19. The fourth-order valence-electron chi connectivity index (χ4n) is 3.18. The van der Waals surface area contributed by atoms with Crippen LogP contribution >= 0.6 is 24.8 Å². The minimum absolute atomic E-state index is 0. The highest BCUT2D eigenvalue weighted by Gasteiger charge is 2.34. The van der Waals surface area contributed by atoms with Crippen molar-refractivity contribution < 1.29 is 19.1 Å². The van der Waals surface area contributed by atoms with Gasteiger partial charge >= 0.3 is 12.2 Å². The molecule has 0 bridgehead atoms. The summed E-state index contributed by atoms with van der Waals surface area (Å²) in [6, 6.07) is 0. The van der Waals surface area contributed by atoms with Gasteiger partial charge in [-0.2, -0.15) is 0 Å². The fraction of sp³-hybridized carbons (Fsp3) is 0.895. The molecule has 0 spiro atoms. The van der Waals surface area contributed by atoms with Gasteiger partial charge in [0.1, 0.15) is 0 Å². The van der Waals surface area contributed by atoms with Crippen molar-refractivity contribution in [2.45, 2.75) is 65.2 Å². The Bertz CT molecular complexity index is 406. The van der Waals surface area contributed by atoms with E-state index in [0.717, 1.165) is 64.5 Å². The number of alkyl carbamates (subject to hydrolysis) is 2. The molecule has 0 aliphatic carbocycles. The highest BCUT2D eigenvalue weighted by molar-refractivity contribution is 5.85. The number of nitrogens with one attached hydrogen (secondary N) is 2. The van der Waals surface area contributed by atoms with Crippen molar-refractivity contribution in [1.29, 1.82) is 0 Å². The lowest BCUT2D eigenvalue weighted by Gasteiger charge is -2.40. The van der Waals surface area contributed by atoms with E-state index in [4.69, 9.17) is 15.3 Å². The molecule has 1 fully saturated rings. The largest absolute Gasteiger partial charge is 0.450 e. The van der Waals surface area contributed by atoms with Crippen LogP contribution in [0.25, 0.3) is 0 Å². The normalized spacial score (nSPS) is 15.4. The van der Waals surface area contributed by atoms with Gasteiger partial charge in [0, 0.05) is 26.2 Å². The smallest absolute Gasteiger partial charge is 0.407 e. The van der Waals surface area contributed by atoms with E-state index in [1.807, 2.05) is 5.01 Å². The minimum atomic E-state index is -0.360. The van der Waals surface area contributed by atoms with Gasteiger partial charge in [0.25, 0.3) is 0 Å². The second-order valence-corrected chi connectivity index (χ2v) is 7.37. The van der Waals surface area contributed by atoms with Crippen LogP contribution in [0.3, 0.4) is 0 Å². The zero-order valence-electron chi connectivity index (χ0n) is 17.9. The van der Waals surface area contributed by atoms with Crippen molar-refractivity contribution in [2.75, 3.05) is 39.4 Å². The summed E-state index contributed by atoms with van der Waals surface area (Å²) in [5, 5.41) is 7.33. The number of hydrazine groups is 1.